The maximum absolute atomic E-state index is 13.0. The van der Waals surface area contributed by atoms with Crippen LogP contribution in [0.2, 0.25) is 0 Å². The van der Waals surface area contributed by atoms with Crippen LogP contribution in [0, 0.1) is 0 Å². The molecule has 0 unspecified atom stereocenters. The molecule has 0 spiro atoms. The molecule has 27 heavy (non-hydrogen) atoms. The zero-order valence-electron chi connectivity index (χ0n) is 16.4. The molecule has 2 aliphatic rings. The van der Waals surface area contributed by atoms with E-state index >= 15 is 0 Å². The Labute approximate surface area is 159 Å². The second-order valence-electron chi connectivity index (χ2n) is 7.77. The second kappa shape index (κ2) is 7.70. The van der Waals surface area contributed by atoms with Crippen molar-refractivity contribution >= 4 is 17.7 Å². The summed E-state index contributed by atoms with van der Waals surface area (Å²) < 4.78 is 1.49. The van der Waals surface area contributed by atoms with Crippen molar-refractivity contribution in [3.05, 3.63) is 17.5 Å². The molecule has 1 aliphatic carbocycles. The van der Waals surface area contributed by atoms with Gasteiger partial charge in [-0.15, -0.1) is 0 Å². The molecule has 148 valence electrons. The Morgan fingerprint density at radius 1 is 1.30 bits per heavy atom. The van der Waals surface area contributed by atoms with Crippen molar-refractivity contribution in [1.82, 2.24) is 25.3 Å². The Morgan fingerprint density at radius 3 is 2.67 bits per heavy atom. The summed E-state index contributed by atoms with van der Waals surface area (Å²) >= 11 is 0. The van der Waals surface area contributed by atoms with Crippen LogP contribution >= 0.6 is 0 Å². The number of aromatic nitrogens is 2. The number of likely N-dealkylation sites (N-methyl/N-ethyl adjacent to an activating group) is 1. The number of hydrogen-bond donors (Lipinski definition) is 2. The van der Waals surface area contributed by atoms with Crippen molar-refractivity contribution in [2.24, 2.45) is 0 Å². The lowest BCUT2D eigenvalue weighted by Crippen LogP contribution is -2.63. The van der Waals surface area contributed by atoms with Crippen LogP contribution < -0.4 is 10.6 Å². The molecule has 8 nitrogen and oxygen atoms in total. The van der Waals surface area contributed by atoms with Crippen LogP contribution in [0.5, 0.6) is 0 Å². The minimum Gasteiger partial charge on any atom is -0.351 e. The number of hydrogen-bond acceptors (Lipinski definition) is 4. The molecule has 1 aliphatic heterocycles. The molecule has 0 saturated heterocycles. The summed E-state index contributed by atoms with van der Waals surface area (Å²) in [7, 11) is 1.64. The largest absolute Gasteiger partial charge is 0.351 e. The highest BCUT2D eigenvalue weighted by Crippen LogP contribution is 2.27. The predicted molar refractivity (Wildman–Crippen MR) is 100 cm³/mol. The van der Waals surface area contributed by atoms with E-state index < -0.39 is 5.54 Å². The molecule has 3 rings (SSSR count). The van der Waals surface area contributed by atoms with E-state index in [1.54, 1.807) is 14.0 Å². The third-order valence-corrected chi connectivity index (χ3v) is 5.70. The average Bonchev–Trinajstić information content (AvgIpc) is 3.09. The molecular formula is C19H29N5O3. The molecule has 2 heterocycles. The van der Waals surface area contributed by atoms with Crippen molar-refractivity contribution in [3.63, 3.8) is 0 Å². The zero-order valence-corrected chi connectivity index (χ0v) is 16.4. The van der Waals surface area contributed by atoms with E-state index in [0.29, 0.717) is 12.2 Å². The Morgan fingerprint density at radius 2 is 2.00 bits per heavy atom. The summed E-state index contributed by atoms with van der Waals surface area (Å²) in [5.41, 5.74) is -0.496. The lowest BCUT2D eigenvalue weighted by Gasteiger charge is -2.41. The lowest BCUT2D eigenvalue weighted by atomic mass is 9.92. The normalized spacial score (nSPS) is 23.1. The van der Waals surface area contributed by atoms with Gasteiger partial charge in [-0.3, -0.25) is 19.1 Å². The van der Waals surface area contributed by atoms with Crippen molar-refractivity contribution in [3.8, 4) is 0 Å². The van der Waals surface area contributed by atoms with Gasteiger partial charge in [0.05, 0.1) is 6.54 Å². The number of rotatable bonds is 5. The van der Waals surface area contributed by atoms with Gasteiger partial charge in [0, 0.05) is 25.7 Å². The van der Waals surface area contributed by atoms with Crippen LogP contribution in [0.25, 0.3) is 0 Å². The monoisotopic (exact) mass is 375 g/mol. The molecule has 1 saturated carbocycles. The van der Waals surface area contributed by atoms with Crippen molar-refractivity contribution in [2.45, 2.75) is 70.5 Å². The fourth-order valence-electron chi connectivity index (χ4n) is 3.76. The maximum atomic E-state index is 13.0. The highest BCUT2D eigenvalue weighted by molar-refractivity contribution is 6.01. The first kappa shape index (κ1) is 19.4. The number of nitrogens with zero attached hydrogens (tertiary/aromatic N) is 3. The van der Waals surface area contributed by atoms with Crippen LogP contribution in [0.4, 0.5) is 0 Å². The topological polar surface area (TPSA) is 96.3 Å². The van der Waals surface area contributed by atoms with Crippen LogP contribution in [-0.2, 0) is 11.3 Å². The Kier molecular flexibility index (Phi) is 5.53. The van der Waals surface area contributed by atoms with Gasteiger partial charge in [0.2, 0.25) is 5.91 Å². The van der Waals surface area contributed by atoms with E-state index in [-0.39, 0.29) is 36.0 Å². The Balaban J connectivity index is 1.79. The van der Waals surface area contributed by atoms with E-state index in [4.69, 9.17) is 0 Å². The van der Waals surface area contributed by atoms with E-state index in [2.05, 4.69) is 15.7 Å². The van der Waals surface area contributed by atoms with Crippen LogP contribution in [0.15, 0.2) is 6.07 Å². The minimum atomic E-state index is -1.04. The van der Waals surface area contributed by atoms with Crippen molar-refractivity contribution in [2.75, 3.05) is 13.6 Å². The highest BCUT2D eigenvalue weighted by Gasteiger charge is 2.46. The molecule has 8 heteroatoms. The first-order valence-electron chi connectivity index (χ1n) is 9.82. The summed E-state index contributed by atoms with van der Waals surface area (Å²) in [6.45, 7) is 4.50. The number of nitrogens with one attached hydrogen (secondary N) is 2. The highest BCUT2D eigenvalue weighted by atomic mass is 16.2. The molecule has 0 radical (unpaired) electrons. The summed E-state index contributed by atoms with van der Waals surface area (Å²) in [5.74, 6) is -0.768. The van der Waals surface area contributed by atoms with Gasteiger partial charge >= 0.3 is 0 Å². The van der Waals surface area contributed by atoms with Crippen LogP contribution in [-0.4, -0.2) is 57.6 Å². The fourth-order valence-corrected chi connectivity index (χ4v) is 3.76. The molecular weight excluding hydrogens is 346 g/mol. The van der Waals surface area contributed by atoms with Gasteiger partial charge in [-0.1, -0.05) is 26.2 Å². The second-order valence-corrected chi connectivity index (χ2v) is 7.77. The molecule has 0 aromatic carbocycles. The van der Waals surface area contributed by atoms with Gasteiger partial charge < -0.3 is 15.5 Å². The summed E-state index contributed by atoms with van der Waals surface area (Å²) in [5, 5.41) is 10.2. The average molecular weight is 375 g/mol. The smallest absolute Gasteiger partial charge is 0.272 e. The van der Waals surface area contributed by atoms with E-state index in [9.17, 15) is 14.4 Å². The summed E-state index contributed by atoms with van der Waals surface area (Å²) in [6, 6.07) is 1.67. The Hall–Kier alpha value is -2.38. The number of amides is 3. The molecule has 0 bridgehead atoms. The molecule has 1 aromatic heterocycles. The first-order valence-corrected chi connectivity index (χ1v) is 9.82. The first-order chi connectivity index (χ1) is 12.9. The maximum Gasteiger partial charge on any atom is 0.272 e. The number of fused-ring (bicyclic) bond motifs is 1. The molecule has 1 atom stereocenters. The van der Waals surface area contributed by atoms with Crippen LogP contribution in [0.1, 0.15) is 73.3 Å². The van der Waals surface area contributed by atoms with E-state index in [1.165, 1.54) is 22.1 Å². The zero-order chi connectivity index (χ0) is 19.6. The van der Waals surface area contributed by atoms with Gasteiger partial charge in [0.15, 0.2) is 5.69 Å². The minimum absolute atomic E-state index is 0.164. The van der Waals surface area contributed by atoms with Gasteiger partial charge in [0.1, 0.15) is 11.2 Å². The van der Waals surface area contributed by atoms with Crippen molar-refractivity contribution < 1.29 is 14.4 Å². The lowest BCUT2D eigenvalue weighted by molar-refractivity contribution is -0.133. The Bertz CT molecular complexity index is 738. The third kappa shape index (κ3) is 3.70. The molecule has 1 aromatic rings. The van der Waals surface area contributed by atoms with Gasteiger partial charge in [0.25, 0.3) is 11.8 Å². The fraction of sp³-hybridized carbons (Fsp3) is 0.684. The molecule has 3 amide bonds. The van der Waals surface area contributed by atoms with E-state index in [1.807, 2.05) is 6.92 Å². The molecule has 1 fully saturated rings. The van der Waals surface area contributed by atoms with Crippen molar-refractivity contribution in [1.29, 1.82) is 0 Å². The molecule has 2 N–H and O–H groups in total. The SMILES string of the molecule is CCCNC(=O)c1cc2n(n1)C[C@@](C)(C(=O)NC1CCCCC1)N(C)C2=O. The summed E-state index contributed by atoms with van der Waals surface area (Å²) in [4.78, 5) is 39.5. The van der Waals surface area contributed by atoms with Gasteiger partial charge in [-0.05, 0) is 26.2 Å². The quantitative estimate of drug-likeness (QED) is 0.811. The van der Waals surface area contributed by atoms with Gasteiger partial charge in [-0.2, -0.15) is 5.10 Å². The van der Waals surface area contributed by atoms with Crippen LogP contribution in [0.3, 0.4) is 0 Å². The van der Waals surface area contributed by atoms with Gasteiger partial charge in [-0.25, -0.2) is 0 Å². The number of carbonyl (C=O) groups excluding carboxylic acids is 3. The predicted octanol–water partition coefficient (Wildman–Crippen LogP) is 1.32. The third-order valence-electron chi connectivity index (χ3n) is 5.70. The number of carbonyl (C=O) groups is 3. The van der Waals surface area contributed by atoms with E-state index in [0.717, 1.165) is 32.1 Å². The standard InChI is InChI=1S/C19H29N5O3/c1-4-10-20-16(25)14-11-15-17(26)23(3)19(2,12-24(15)22-14)18(27)21-13-8-6-5-7-9-13/h11,13H,4-10,12H2,1-3H3,(H,20,25)(H,21,27)/t19-/m0/s1. The summed E-state index contributed by atoms with van der Waals surface area (Å²) in [6.07, 6.45) is 6.23.